The number of aryl methyl sites for hydroxylation is 1. The number of carbonyl (C=O) groups is 3. The van der Waals surface area contributed by atoms with Gasteiger partial charge in [-0.1, -0.05) is 16.9 Å². The second kappa shape index (κ2) is 4.93. The first kappa shape index (κ1) is 13.2. The van der Waals surface area contributed by atoms with E-state index in [2.05, 4.69) is 5.16 Å². The van der Waals surface area contributed by atoms with Gasteiger partial charge in [0.1, 0.15) is 11.3 Å². The molecular weight excluding hydrogens is 282 g/mol. The molecule has 2 aliphatic heterocycles. The van der Waals surface area contributed by atoms with Crippen LogP contribution in [0.1, 0.15) is 22.5 Å². The van der Waals surface area contributed by atoms with Crippen LogP contribution in [0.15, 0.2) is 10.7 Å². The van der Waals surface area contributed by atoms with Crippen LogP contribution in [0.4, 0.5) is 4.79 Å². The van der Waals surface area contributed by atoms with Crippen LogP contribution < -0.4 is 0 Å². The molecule has 1 aromatic heterocycles. The second-order valence-electron chi connectivity index (χ2n) is 4.81. The van der Waals surface area contributed by atoms with Gasteiger partial charge in [-0.05, 0) is 13.3 Å². The Morgan fingerprint density at radius 1 is 1.50 bits per heavy atom. The van der Waals surface area contributed by atoms with E-state index < -0.39 is 0 Å². The van der Waals surface area contributed by atoms with Gasteiger partial charge in [0.05, 0.1) is 18.0 Å². The van der Waals surface area contributed by atoms with E-state index in [-0.39, 0.29) is 28.8 Å². The molecule has 2 aliphatic rings. The molecule has 20 heavy (non-hydrogen) atoms. The Balaban J connectivity index is 1.71. The smallest absolute Gasteiger partial charge is 0.289 e. The van der Waals surface area contributed by atoms with Crippen LogP contribution in [-0.4, -0.2) is 56.9 Å². The van der Waals surface area contributed by atoms with Gasteiger partial charge in [0.25, 0.3) is 11.1 Å². The second-order valence-corrected chi connectivity index (χ2v) is 5.73. The van der Waals surface area contributed by atoms with Gasteiger partial charge in [-0.3, -0.25) is 19.3 Å². The average molecular weight is 295 g/mol. The summed E-state index contributed by atoms with van der Waals surface area (Å²) >= 11 is 1.02. The molecule has 0 aliphatic carbocycles. The minimum atomic E-state index is -0.214. The minimum Gasteiger partial charge on any atom is -0.361 e. The van der Waals surface area contributed by atoms with Crippen LogP contribution in [0.5, 0.6) is 0 Å². The van der Waals surface area contributed by atoms with Gasteiger partial charge in [0, 0.05) is 13.1 Å². The number of hydrogen-bond donors (Lipinski definition) is 0. The lowest BCUT2D eigenvalue weighted by atomic mass is 10.2. The zero-order valence-corrected chi connectivity index (χ0v) is 11.7. The summed E-state index contributed by atoms with van der Waals surface area (Å²) in [6.07, 6.45) is 2.01. The fraction of sp³-hybridized carbons (Fsp3) is 0.500. The third-order valence-electron chi connectivity index (χ3n) is 3.58. The molecule has 0 radical (unpaired) electrons. The molecule has 2 fully saturated rings. The van der Waals surface area contributed by atoms with Crippen molar-refractivity contribution in [2.75, 3.05) is 18.8 Å². The van der Waals surface area contributed by atoms with Crippen molar-refractivity contribution in [2.24, 2.45) is 0 Å². The van der Waals surface area contributed by atoms with Crippen LogP contribution in [0.2, 0.25) is 0 Å². The summed E-state index contributed by atoms with van der Waals surface area (Å²) in [6, 6.07) is -0.214. The molecule has 2 saturated heterocycles. The molecule has 7 nitrogen and oxygen atoms in total. The SMILES string of the molecule is Cc1oncc1C(=O)N1CCC(N2C(=O)CSC2=O)C1. The zero-order chi connectivity index (χ0) is 14.3. The fourth-order valence-corrected chi connectivity index (χ4v) is 3.30. The summed E-state index contributed by atoms with van der Waals surface area (Å²) in [5.41, 5.74) is 0.430. The maximum atomic E-state index is 12.3. The monoisotopic (exact) mass is 295 g/mol. The number of likely N-dealkylation sites (tertiary alicyclic amines) is 1. The van der Waals surface area contributed by atoms with E-state index in [0.29, 0.717) is 30.8 Å². The van der Waals surface area contributed by atoms with Crippen molar-refractivity contribution >= 4 is 28.8 Å². The molecule has 0 N–H and O–H groups in total. The highest BCUT2D eigenvalue weighted by Crippen LogP contribution is 2.27. The van der Waals surface area contributed by atoms with Gasteiger partial charge in [0.15, 0.2) is 0 Å². The highest BCUT2D eigenvalue weighted by Gasteiger charge is 2.40. The molecule has 1 atom stereocenters. The van der Waals surface area contributed by atoms with E-state index in [0.717, 1.165) is 11.8 Å². The largest absolute Gasteiger partial charge is 0.361 e. The Morgan fingerprint density at radius 2 is 2.30 bits per heavy atom. The lowest BCUT2D eigenvalue weighted by Gasteiger charge is -2.21. The lowest BCUT2D eigenvalue weighted by molar-refractivity contribution is -0.126. The Morgan fingerprint density at radius 3 is 2.90 bits per heavy atom. The first-order chi connectivity index (χ1) is 9.58. The maximum absolute atomic E-state index is 12.3. The highest BCUT2D eigenvalue weighted by atomic mass is 32.2. The quantitative estimate of drug-likeness (QED) is 0.806. The molecular formula is C12H13N3O4S. The van der Waals surface area contributed by atoms with Crippen molar-refractivity contribution < 1.29 is 18.9 Å². The van der Waals surface area contributed by atoms with Crippen molar-refractivity contribution in [3.8, 4) is 0 Å². The molecule has 8 heteroatoms. The van der Waals surface area contributed by atoms with Gasteiger partial charge < -0.3 is 9.42 Å². The number of thioether (sulfide) groups is 1. The van der Waals surface area contributed by atoms with E-state index in [9.17, 15) is 14.4 Å². The molecule has 3 heterocycles. The Labute approximate surface area is 119 Å². The normalized spacial score (nSPS) is 22.9. The molecule has 0 spiro atoms. The van der Waals surface area contributed by atoms with E-state index in [4.69, 9.17) is 4.52 Å². The zero-order valence-electron chi connectivity index (χ0n) is 10.9. The molecule has 106 valence electrons. The van der Waals surface area contributed by atoms with E-state index >= 15 is 0 Å². The predicted octanol–water partition coefficient (Wildman–Crippen LogP) is 0.893. The first-order valence-corrected chi connectivity index (χ1v) is 7.26. The number of carbonyl (C=O) groups excluding carboxylic acids is 3. The highest BCUT2D eigenvalue weighted by molar-refractivity contribution is 8.14. The van der Waals surface area contributed by atoms with Crippen LogP contribution in [0, 0.1) is 6.92 Å². The predicted molar refractivity (Wildman–Crippen MR) is 70.2 cm³/mol. The van der Waals surface area contributed by atoms with Gasteiger partial charge in [-0.25, -0.2) is 0 Å². The summed E-state index contributed by atoms with van der Waals surface area (Å²) in [6.45, 7) is 2.58. The fourth-order valence-electron chi connectivity index (χ4n) is 2.53. The summed E-state index contributed by atoms with van der Waals surface area (Å²) < 4.78 is 4.89. The third kappa shape index (κ3) is 2.09. The van der Waals surface area contributed by atoms with Crippen LogP contribution in [0.25, 0.3) is 0 Å². The summed E-state index contributed by atoms with van der Waals surface area (Å²) in [5.74, 6) is 0.342. The van der Waals surface area contributed by atoms with Crippen LogP contribution in [-0.2, 0) is 4.79 Å². The molecule has 3 amide bonds. The molecule has 1 aromatic rings. The van der Waals surface area contributed by atoms with Crippen molar-refractivity contribution in [3.05, 3.63) is 17.5 Å². The maximum Gasteiger partial charge on any atom is 0.289 e. The van der Waals surface area contributed by atoms with E-state index in [1.165, 1.54) is 11.1 Å². The summed E-state index contributed by atoms with van der Waals surface area (Å²) in [5, 5.41) is 3.38. The topological polar surface area (TPSA) is 83.7 Å². The Bertz CT molecular complexity index is 569. The molecule has 1 unspecified atom stereocenters. The number of hydrogen-bond acceptors (Lipinski definition) is 6. The molecule has 0 bridgehead atoms. The lowest BCUT2D eigenvalue weighted by Crippen LogP contribution is -2.41. The number of rotatable bonds is 2. The van der Waals surface area contributed by atoms with Crippen LogP contribution in [0.3, 0.4) is 0 Å². The number of imide groups is 1. The standard InChI is InChI=1S/C12H13N3O4S/c1-7-9(4-13-19-7)11(17)14-3-2-8(5-14)15-10(16)6-20-12(15)18/h4,8H,2-3,5-6H2,1H3. The first-order valence-electron chi connectivity index (χ1n) is 6.27. The molecule has 0 aromatic carbocycles. The summed E-state index contributed by atoms with van der Waals surface area (Å²) in [4.78, 5) is 38.6. The van der Waals surface area contributed by atoms with Gasteiger partial charge in [-0.15, -0.1) is 0 Å². The van der Waals surface area contributed by atoms with E-state index in [1.54, 1.807) is 11.8 Å². The Hall–Kier alpha value is -1.83. The van der Waals surface area contributed by atoms with Gasteiger partial charge in [0.2, 0.25) is 5.91 Å². The average Bonchev–Trinajstić information content (AvgIpc) is 3.10. The minimum absolute atomic E-state index is 0.166. The van der Waals surface area contributed by atoms with Crippen LogP contribution >= 0.6 is 11.8 Å². The number of amides is 3. The van der Waals surface area contributed by atoms with Crippen molar-refractivity contribution in [2.45, 2.75) is 19.4 Å². The number of aromatic nitrogens is 1. The van der Waals surface area contributed by atoms with Crippen molar-refractivity contribution in [1.82, 2.24) is 15.0 Å². The van der Waals surface area contributed by atoms with Gasteiger partial charge in [-0.2, -0.15) is 0 Å². The molecule has 0 saturated carbocycles. The Kier molecular flexibility index (Phi) is 3.25. The van der Waals surface area contributed by atoms with Crippen molar-refractivity contribution in [3.63, 3.8) is 0 Å². The molecule has 3 rings (SSSR count). The third-order valence-corrected chi connectivity index (χ3v) is 4.42. The van der Waals surface area contributed by atoms with Crippen molar-refractivity contribution in [1.29, 1.82) is 0 Å². The van der Waals surface area contributed by atoms with E-state index in [1.807, 2.05) is 0 Å². The summed E-state index contributed by atoms with van der Waals surface area (Å²) in [7, 11) is 0. The number of nitrogens with zero attached hydrogens (tertiary/aromatic N) is 3. The van der Waals surface area contributed by atoms with Gasteiger partial charge >= 0.3 is 0 Å².